The summed E-state index contributed by atoms with van der Waals surface area (Å²) in [7, 11) is 1.94. The van der Waals surface area contributed by atoms with Crippen LogP contribution >= 0.6 is 0 Å². The molecule has 1 aromatic rings. The third-order valence-electron chi connectivity index (χ3n) is 2.37. The van der Waals surface area contributed by atoms with Gasteiger partial charge in [0, 0.05) is 18.3 Å². The first-order chi connectivity index (χ1) is 8.30. The quantitative estimate of drug-likeness (QED) is 0.554. The number of hydrogen-bond acceptors (Lipinski definition) is 3. The first kappa shape index (κ1) is 13.7. The van der Waals surface area contributed by atoms with Crippen molar-refractivity contribution < 1.29 is 4.74 Å². The van der Waals surface area contributed by atoms with Gasteiger partial charge in [-0.05, 0) is 31.5 Å². The molecule has 0 amide bonds. The van der Waals surface area contributed by atoms with Crippen molar-refractivity contribution in [3.63, 3.8) is 0 Å². The number of hydrogen-bond donors (Lipinski definition) is 1. The van der Waals surface area contributed by atoms with Crippen molar-refractivity contribution in [1.82, 2.24) is 10.3 Å². The second-order valence-electron chi connectivity index (χ2n) is 4.01. The lowest BCUT2D eigenvalue weighted by Gasteiger charge is -2.09. The zero-order valence-corrected chi connectivity index (χ0v) is 10.8. The minimum atomic E-state index is 0.644. The van der Waals surface area contributed by atoms with E-state index in [0.29, 0.717) is 6.61 Å². The SMILES string of the molecule is C=CCCOc1cc(CNC)cc(CCC)n1. The van der Waals surface area contributed by atoms with Gasteiger partial charge < -0.3 is 10.1 Å². The highest BCUT2D eigenvalue weighted by atomic mass is 16.5. The average molecular weight is 234 g/mol. The monoisotopic (exact) mass is 234 g/mol. The van der Waals surface area contributed by atoms with E-state index >= 15 is 0 Å². The topological polar surface area (TPSA) is 34.1 Å². The Morgan fingerprint density at radius 3 is 2.94 bits per heavy atom. The van der Waals surface area contributed by atoms with E-state index in [4.69, 9.17) is 4.74 Å². The molecule has 1 heterocycles. The maximum absolute atomic E-state index is 5.61. The highest BCUT2D eigenvalue weighted by molar-refractivity contribution is 5.25. The molecule has 0 saturated heterocycles. The van der Waals surface area contributed by atoms with Gasteiger partial charge >= 0.3 is 0 Å². The Kier molecular flexibility index (Phi) is 6.33. The van der Waals surface area contributed by atoms with Crippen LogP contribution in [0.2, 0.25) is 0 Å². The van der Waals surface area contributed by atoms with Gasteiger partial charge in [-0.2, -0.15) is 0 Å². The summed E-state index contributed by atoms with van der Waals surface area (Å²) in [4.78, 5) is 4.49. The van der Waals surface area contributed by atoms with E-state index in [1.165, 1.54) is 5.56 Å². The van der Waals surface area contributed by atoms with E-state index in [-0.39, 0.29) is 0 Å². The zero-order valence-electron chi connectivity index (χ0n) is 10.8. The van der Waals surface area contributed by atoms with Crippen LogP contribution in [-0.4, -0.2) is 18.6 Å². The molecule has 0 aliphatic rings. The average Bonchev–Trinajstić information content (AvgIpc) is 2.30. The summed E-state index contributed by atoms with van der Waals surface area (Å²) in [6.07, 6.45) is 4.79. The highest BCUT2D eigenvalue weighted by Crippen LogP contribution is 2.14. The van der Waals surface area contributed by atoms with Gasteiger partial charge in [-0.1, -0.05) is 19.4 Å². The van der Waals surface area contributed by atoms with E-state index in [9.17, 15) is 0 Å². The fraction of sp³-hybridized carbons (Fsp3) is 0.500. The first-order valence-electron chi connectivity index (χ1n) is 6.18. The molecule has 0 saturated carbocycles. The predicted molar refractivity (Wildman–Crippen MR) is 71.3 cm³/mol. The molecule has 0 aliphatic carbocycles. The minimum Gasteiger partial charge on any atom is -0.477 e. The van der Waals surface area contributed by atoms with E-state index in [0.717, 1.165) is 37.4 Å². The van der Waals surface area contributed by atoms with Crippen LogP contribution in [0.4, 0.5) is 0 Å². The molecule has 1 rings (SSSR count). The molecule has 0 atom stereocenters. The third-order valence-corrected chi connectivity index (χ3v) is 2.37. The van der Waals surface area contributed by atoms with Gasteiger partial charge in [0.15, 0.2) is 0 Å². The fourth-order valence-electron chi connectivity index (χ4n) is 1.63. The van der Waals surface area contributed by atoms with Gasteiger partial charge in [0.1, 0.15) is 0 Å². The lowest BCUT2D eigenvalue weighted by Crippen LogP contribution is -2.07. The predicted octanol–water partition coefficient (Wildman–Crippen LogP) is 2.71. The van der Waals surface area contributed by atoms with Crippen LogP contribution in [-0.2, 0) is 13.0 Å². The molecule has 3 heteroatoms. The first-order valence-corrected chi connectivity index (χ1v) is 6.18. The molecule has 0 unspecified atom stereocenters. The van der Waals surface area contributed by atoms with Crippen molar-refractivity contribution in [2.24, 2.45) is 0 Å². The minimum absolute atomic E-state index is 0.644. The summed E-state index contributed by atoms with van der Waals surface area (Å²) in [6.45, 7) is 7.32. The molecule has 1 N–H and O–H groups in total. The lowest BCUT2D eigenvalue weighted by molar-refractivity contribution is 0.311. The molecule has 17 heavy (non-hydrogen) atoms. The standard InChI is InChI=1S/C14H22N2O/c1-4-6-8-17-14-10-12(11-15-3)9-13(16-14)7-5-2/h4,9-10,15H,1,5-8,11H2,2-3H3. The van der Waals surface area contributed by atoms with Gasteiger partial charge in [-0.25, -0.2) is 4.98 Å². The van der Waals surface area contributed by atoms with Crippen molar-refractivity contribution in [3.05, 3.63) is 36.0 Å². The number of aromatic nitrogens is 1. The number of rotatable bonds is 8. The van der Waals surface area contributed by atoms with Crippen LogP contribution in [0.1, 0.15) is 31.0 Å². The van der Waals surface area contributed by atoms with Gasteiger partial charge in [-0.3, -0.25) is 0 Å². The van der Waals surface area contributed by atoms with E-state index in [1.807, 2.05) is 19.2 Å². The van der Waals surface area contributed by atoms with Crippen molar-refractivity contribution in [2.75, 3.05) is 13.7 Å². The van der Waals surface area contributed by atoms with Crippen molar-refractivity contribution >= 4 is 0 Å². The number of aryl methyl sites for hydroxylation is 1. The van der Waals surface area contributed by atoms with Crippen LogP contribution in [0.3, 0.4) is 0 Å². The summed E-state index contributed by atoms with van der Waals surface area (Å²) in [5.41, 5.74) is 2.33. The lowest BCUT2D eigenvalue weighted by atomic mass is 10.1. The maximum atomic E-state index is 5.61. The molecule has 0 bridgehead atoms. The normalized spacial score (nSPS) is 10.2. The van der Waals surface area contributed by atoms with Gasteiger partial charge in [0.2, 0.25) is 5.88 Å². The highest BCUT2D eigenvalue weighted by Gasteiger charge is 2.03. The van der Waals surface area contributed by atoms with Crippen molar-refractivity contribution in [1.29, 1.82) is 0 Å². The Morgan fingerprint density at radius 1 is 1.47 bits per heavy atom. The second-order valence-corrected chi connectivity index (χ2v) is 4.01. The molecule has 0 radical (unpaired) electrons. The van der Waals surface area contributed by atoms with Gasteiger partial charge in [0.25, 0.3) is 0 Å². The molecule has 0 aromatic carbocycles. The Hall–Kier alpha value is -1.35. The molecular weight excluding hydrogens is 212 g/mol. The van der Waals surface area contributed by atoms with Crippen molar-refractivity contribution in [2.45, 2.75) is 32.7 Å². The fourth-order valence-corrected chi connectivity index (χ4v) is 1.63. The summed E-state index contributed by atoms with van der Waals surface area (Å²) in [5.74, 6) is 0.725. The molecular formula is C14H22N2O. The van der Waals surface area contributed by atoms with Crippen LogP contribution < -0.4 is 10.1 Å². The largest absolute Gasteiger partial charge is 0.477 e. The van der Waals surface area contributed by atoms with E-state index in [1.54, 1.807) is 0 Å². The summed E-state index contributed by atoms with van der Waals surface area (Å²) in [5, 5.41) is 3.15. The molecule has 3 nitrogen and oxygen atoms in total. The number of nitrogens with one attached hydrogen (secondary N) is 1. The van der Waals surface area contributed by atoms with Gasteiger partial charge in [0.05, 0.1) is 6.61 Å². The number of ether oxygens (including phenoxy) is 1. The Morgan fingerprint density at radius 2 is 2.29 bits per heavy atom. The Balaban J connectivity index is 2.75. The molecule has 0 aliphatic heterocycles. The Labute approximate surface area is 104 Å². The Bertz CT molecular complexity index is 326. The van der Waals surface area contributed by atoms with Crippen LogP contribution in [0.5, 0.6) is 5.88 Å². The summed E-state index contributed by atoms with van der Waals surface area (Å²) < 4.78 is 5.61. The zero-order chi connectivity index (χ0) is 12.5. The number of nitrogens with zero attached hydrogens (tertiary/aromatic N) is 1. The number of pyridine rings is 1. The van der Waals surface area contributed by atoms with Crippen LogP contribution in [0.25, 0.3) is 0 Å². The third kappa shape index (κ3) is 5.00. The van der Waals surface area contributed by atoms with Crippen LogP contribution in [0, 0.1) is 0 Å². The smallest absolute Gasteiger partial charge is 0.213 e. The second kappa shape index (κ2) is 7.85. The molecule has 1 aromatic heterocycles. The van der Waals surface area contributed by atoms with Crippen LogP contribution in [0.15, 0.2) is 24.8 Å². The van der Waals surface area contributed by atoms with Crippen molar-refractivity contribution in [3.8, 4) is 5.88 Å². The maximum Gasteiger partial charge on any atom is 0.213 e. The van der Waals surface area contributed by atoms with E-state index < -0.39 is 0 Å². The molecule has 0 spiro atoms. The summed E-state index contributed by atoms with van der Waals surface area (Å²) in [6, 6.07) is 4.14. The van der Waals surface area contributed by atoms with E-state index in [2.05, 4.69) is 29.9 Å². The summed E-state index contributed by atoms with van der Waals surface area (Å²) >= 11 is 0. The molecule has 94 valence electrons. The van der Waals surface area contributed by atoms with Gasteiger partial charge in [-0.15, -0.1) is 6.58 Å². The molecule has 0 fully saturated rings.